The van der Waals surface area contributed by atoms with Crippen LogP contribution in [0.4, 0.5) is 0 Å². The SMILES string of the molecule is CN1CCN([C@@H]2CN(C(=O)Cc3ccncc3)C[C@H]2O)CC1. The number of hydrogen-bond acceptors (Lipinski definition) is 5. The molecule has 3 rings (SSSR count). The molecule has 0 radical (unpaired) electrons. The summed E-state index contributed by atoms with van der Waals surface area (Å²) < 4.78 is 0. The smallest absolute Gasteiger partial charge is 0.227 e. The average molecular weight is 304 g/mol. The van der Waals surface area contributed by atoms with Gasteiger partial charge in [0, 0.05) is 51.7 Å². The van der Waals surface area contributed by atoms with Gasteiger partial charge in [0.05, 0.1) is 18.6 Å². The Balaban J connectivity index is 1.57. The van der Waals surface area contributed by atoms with Gasteiger partial charge in [0.2, 0.25) is 5.91 Å². The van der Waals surface area contributed by atoms with Crippen LogP contribution < -0.4 is 0 Å². The zero-order valence-corrected chi connectivity index (χ0v) is 13.1. The number of carbonyl (C=O) groups excluding carboxylic acids is 1. The van der Waals surface area contributed by atoms with E-state index in [0.717, 1.165) is 31.7 Å². The van der Waals surface area contributed by atoms with Crippen molar-refractivity contribution in [3.8, 4) is 0 Å². The van der Waals surface area contributed by atoms with Gasteiger partial charge in [-0.15, -0.1) is 0 Å². The highest BCUT2D eigenvalue weighted by molar-refractivity contribution is 5.79. The van der Waals surface area contributed by atoms with Crippen molar-refractivity contribution in [1.82, 2.24) is 19.7 Å². The molecule has 0 unspecified atom stereocenters. The standard InChI is InChI=1S/C16H24N4O2/c1-18-6-8-19(9-7-18)14-11-20(12-15(14)21)16(22)10-13-2-4-17-5-3-13/h2-5,14-15,21H,6-12H2,1H3/t14-,15-/m1/s1. The molecule has 0 bridgehead atoms. The number of carbonyl (C=O) groups is 1. The van der Waals surface area contributed by atoms with Gasteiger partial charge in [-0.25, -0.2) is 0 Å². The molecule has 22 heavy (non-hydrogen) atoms. The molecular formula is C16H24N4O2. The summed E-state index contributed by atoms with van der Waals surface area (Å²) in [5.74, 6) is 0.0851. The second kappa shape index (κ2) is 6.73. The maximum atomic E-state index is 12.4. The monoisotopic (exact) mass is 304 g/mol. The Morgan fingerprint density at radius 2 is 1.91 bits per heavy atom. The second-order valence-corrected chi connectivity index (χ2v) is 6.30. The first-order chi connectivity index (χ1) is 10.6. The molecule has 0 aliphatic carbocycles. The van der Waals surface area contributed by atoms with Gasteiger partial charge in [-0.2, -0.15) is 0 Å². The summed E-state index contributed by atoms with van der Waals surface area (Å²) in [6.45, 7) is 5.05. The summed E-state index contributed by atoms with van der Waals surface area (Å²) in [6.07, 6.45) is 3.35. The molecule has 1 aromatic rings. The molecular weight excluding hydrogens is 280 g/mol. The van der Waals surface area contributed by atoms with Gasteiger partial charge in [0.15, 0.2) is 0 Å². The number of likely N-dealkylation sites (N-methyl/N-ethyl adjacent to an activating group) is 1. The van der Waals surface area contributed by atoms with Crippen molar-refractivity contribution >= 4 is 5.91 Å². The van der Waals surface area contributed by atoms with Gasteiger partial charge < -0.3 is 14.9 Å². The molecule has 120 valence electrons. The lowest BCUT2D eigenvalue weighted by molar-refractivity contribution is -0.129. The van der Waals surface area contributed by atoms with Gasteiger partial charge in [0.1, 0.15) is 0 Å². The molecule has 6 nitrogen and oxygen atoms in total. The molecule has 2 saturated heterocycles. The van der Waals surface area contributed by atoms with Gasteiger partial charge >= 0.3 is 0 Å². The largest absolute Gasteiger partial charge is 0.390 e. The third kappa shape index (κ3) is 3.45. The molecule has 0 spiro atoms. The van der Waals surface area contributed by atoms with Crippen molar-refractivity contribution in [3.05, 3.63) is 30.1 Å². The van der Waals surface area contributed by atoms with Crippen LogP contribution >= 0.6 is 0 Å². The molecule has 2 fully saturated rings. The summed E-state index contributed by atoms with van der Waals surface area (Å²) in [6, 6.07) is 3.81. The van der Waals surface area contributed by atoms with Crippen LogP contribution in [-0.2, 0) is 11.2 Å². The minimum Gasteiger partial charge on any atom is -0.390 e. The molecule has 1 aromatic heterocycles. The van der Waals surface area contributed by atoms with E-state index < -0.39 is 6.10 Å². The zero-order chi connectivity index (χ0) is 15.5. The number of amides is 1. The Bertz CT molecular complexity index is 502. The van der Waals surface area contributed by atoms with Crippen LogP contribution in [0.25, 0.3) is 0 Å². The van der Waals surface area contributed by atoms with E-state index in [9.17, 15) is 9.90 Å². The first-order valence-corrected chi connectivity index (χ1v) is 7.91. The van der Waals surface area contributed by atoms with Crippen LogP contribution in [0.15, 0.2) is 24.5 Å². The van der Waals surface area contributed by atoms with E-state index in [2.05, 4.69) is 21.8 Å². The number of rotatable bonds is 3. The number of hydrogen-bond donors (Lipinski definition) is 1. The summed E-state index contributed by atoms with van der Waals surface area (Å²) in [4.78, 5) is 22.8. The topological polar surface area (TPSA) is 59.9 Å². The van der Waals surface area contributed by atoms with E-state index >= 15 is 0 Å². The van der Waals surface area contributed by atoms with E-state index in [1.165, 1.54) is 0 Å². The molecule has 3 heterocycles. The second-order valence-electron chi connectivity index (χ2n) is 6.30. The predicted octanol–water partition coefficient (Wildman–Crippen LogP) is -0.557. The summed E-state index contributed by atoms with van der Waals surface area (Å²) in [7, 11) is 2.12. The molecule has 2 aliphatic heterocycles. The van der Waals surface area contributed by atoms with E-state index in [1.54, 1.807) is 17.3 Å². The maximum Gasteiger partial charge on any atom is 0.227 e. The number of aliphatic hydroxyl groups is 1. The number of pyridine rings is 1. The fraction of sp³-hybridized carbons (Fsp3) is 0.625. The zero-order valence-electron chi connectivity index (χ0n) is 13.1. The first-order valence-electron chi connectivity index (χ1n) is 7.91. The van der Waals surface area contributed by atoms with Crippen molar-refractivity contribution in [2.45, 2.75) is 18.6 Å². The fourth-order valence-electron chi connectivity index (χ4n) is 3.27. The van der Waals surface area contributed by atoms with Crippen LogP contribution in [-0.4, -0.2) is 89.2 Å². The lowest BCUT2D eigenvalue weighted by atomic mass is 10.1. The highest BCUT2D eigenvalue weighted by Gasteiger charge is 2.38. The lowest BCUT2D eigenvalue weighted by Crippen LogP contribution is -2.52. The van der Waals surface area contributed by atoms with Crippen LogP contribution in [0, 0.1) is 0 Å². The molecule has 1 amide bonds. The maximum absolute atomic E-state index is 12.4. The Morgan fingerprint density at radius 1 is 1.23 bits per heavy atom. The van der Waals surface area contributed by atoms with Crippen molar-refractivity contribution in [3.63, 3.8) is 0 Å². The average Bonchev–Trinajstić information content (AvgIpc) is 2.91. The summed E-state index contributed by atoms with van der Waals surface area (Å²) >= 11 is 0. The Morgan fingerprint density at radius 3 is 2.59 bits per heavy atom. The third-order valence-electron chi connectivity index (χ3n) is 4.72. The van der Waals surface area contributed by atoms with Crippen molar-refractivity contribution in [1.29, 1.82) is 0 Å². The quantitative estimate of drug-likeness (QED) is 0.811. The number of likely N-dealkylation sites (tertiary alicyclic amines) is 1. The Labute approximate surface area is 131 Å². The number of nitrogens with zero attached hydrogens (tertiary/aromatic N) is 4. The normalized spacial score (nSPS) is 27.3. The third-order valence-corrected chi connectivity index (χ3v) is 4.72. The van der Waals surface area contributed by atoms with E-state index in [0.29, 0.717) is 19.5 Å². The minimum atomic E-state index is -0.440. The van der Waals surface area contributed by atoms with Gasteiger partial charge in [-0.1, -0.05) is 0 Å². The number of aromatic nitrogens is 1. The fourth-order valence-corrected chi connectivity index (χ4v) is 3.27. The van der Waals surface area contributed by atoms with Gasteiger partial charge in [0.25, 0.3) is 0 Å². The molecule has 6 heteroatoms. The van der Waals surface area contributed by atoms with E-state index in [4.69, 9.17) is 0 Å². The number of β-amino-alcohol motifs (C(OH)–C–C–N with tert-alkyl or cyclic N) is 1. The molecule has 0 saturated carbocycles. The number of aliphatic hydroxyl groups excluding tert-OH is 1. The van der Waals surface area contributed by atoms with Crippen LogP contribution in [0.3, 0.4) is 0 Å². The van der Waals surface area contributed by atoms with Crippen LogP contribution in [0.2, 0.25) is 0 Å². The lowest BCUT2D eigenvalue weighted by Gasteiger charge is -2.37. The summed E-state index contributed by atoms with van der Waals surface area (Å²) in [5, 5.41) is 10.3. The Kier molecular flexibility index (Phi) is 4.71. The highest BCUT2D eigenvalue weighted by Crippen LogP contribution is 2.19. The number of piperazine rings is 1. The van der Waals surface area contributed by atoms with Crippen molar-refractivity contribution in [2.75, 3.05) is 46.3 Å². The van der Waals surface area contributed by atoms with Crippen molar-refractivity contribution < 1.29 is 9.90 Å². The van der Waals surface area contributed by atoms with Gasteiger partial charge in [-0.3, -0.25) is 14.7 Å². The van der Waals surface area contributed by atoms with Gasteiger partial charge in [-0.05, 0) is 24.7 Å². The van der Waals surface area contributed by atoms with E-state index in [-0.39, 0.29) is 11.9 Å². The molecule has 2 atom stereocenters. The highest BCUT2D eigenvalue weighted by atomic mass is 16.3. The van der Waals surface area contributed by atoms with Crippen LogP contribution in [0.1, 0.15) is 5.56 Å². The molecule has 2 aliphatic rings. The molecule has 0 aromatic carbocycles. The predicted molar refractivity (Wildman–Crippen MR) is 83.4 cm³/mol. The Hall–Kier alpha value is -1.50. The first kappa shape index (κ1) is 15.4. The van der Waals surface area contributed by atoms with E-state index in [1.807, 2.05) is 12.1 Å². The van der Waals surface area contributed by atoms with Crippen LogP contribution in [0.5, 0.6) is 0 Å². The molecule has 1 N–H and O–H groups in total. The summed E-state index contributed by atoms with van der Waals surface area (Å²) in [5.41, 5.74) is 0.970. The van der Waals surface area contributed by atoms with Crippen molar-refractivity contribution in [2.24, 2.45) is 0 Å². The minimum absolute atomic E-state index is 0.0788.